The van der Waals surface area contributed by atoms with Crippen LogP contribution < -0.4 is 9.47 Å². The van der Waals surface area contributed by atoms with E-state index in [0.717, 1.165) is 46.7 Å². The fourth-order valence-corrected chi connectivity index (χ4v) is 4.13. The fourth-order valence-electron chi connectivity index (χ4n) is 4.13. The number of amides is 1. The van der Waals surface area contributed by atoms with E-state index in [0.29, 0.717) is 37.8 Å². The van der Waals surface area contributed by atoms with Gasteiger partial charge in [0, 0.05) is 48.8 Å². The van der Waals surface area contributed by atoms with E-state index in [1.807, 2.05) is 47.4 Å². The van der Waals surface area contributed by atoms with E-state index < -0.39 is 0 Å². The Labute approximate surface area is 196 Å². The number of piperazine rings is 1. The Morgan fingerprint density at radius 1 is 1.00 bits per heavy atom. The lowest BCUT2D eigenvalue weighted by molar-refractivity contribution is -0.132. The maximum atomic E-state index is 12.9. The van der Waals surface area contributed by atoms with E-state index in [9.17, 15) is 4.79 Å². The van der Waals surface area contributed by atoms with Gasteiger partial charge < -0.3 is 23.3 Å². The summed E-state index contributed by atoms with van der Waals surface area (Å²) in [6, 6.07) is 13.2. The first-order valence-corrected chi connectivity index (χ1v) is 11.1. The van der Waals surface area contributed by atoms with Gasteiger partial charge in [-0.25, -0.2) is 0 Å². The molecule has 3 heterocycles. The highest BCUT2D eigenvalue weighted by Crippen LogP contribution is 2.26. The Balaban J connectivity index is 1.14. The maximum absolute atomic E-state index is 12.9. The van der Waals surface area contributed by atoms with Crippen LogP contribution in [0.4, 0.5) is 0 Å². The molecule has 0 bridgehead atoms. The first-order chi connectivity index (χ1) is 16.6. The van der Waals surface area contributed by atoms with E-state index in [1.54, 1.807) is 20.5 Å². The zero-order valence-electron chi connectivity index (χ0n) is 19.2. The number of hydrogen-bond donors (Lipinski definition) is 0. The average molecular weight is 463 g/mol. The Bertz CT molecular complexity index is 1270. The van der Waals surface area contributed by atoms with E-state index >= 15 is 0 Å². The van der Waals surface area contributed by atoms with Gasteiger partial charge in [-0.3, -0.25) is 9.69 Å². The van der Waals surface area contributed by atoms with Crippen molar-refractivity contribution in [3.8, 4) is 22.9 Å². The number of rotatable bonds is 7. The molecule has 5 rings (SSSR count). The molecule has 1 aliphatic rings. The highest BCUT2D eigenvalue weighted by Gasteiger charge is 2.24. The van der Waals surface area contributed by atoms with Gasteiger partial charge in [0.1, 0.15) is 17.1 Å². The summed E-state index contributed by atoms with van der Waals surface area (Å²) in [7, 11) is 3.25. The molecule has 0 atom stereocenters. The lowest BCUT2D eigenvalue weighted by atomic mass is 10.1. The van der Waals surface area contributed by atoms with Crippen LogP contribution in [0.15, 0.2) is 57.7 Å². The number of ether oxygens (including phenoxy) is 2. The second kappa shape index (κ2) is 9.56. The van der Waals surface area contributed by atoms with Crippen LogP contribution in [-0.4, -0.2) is 66.2 Å². The van der Waals surface area contributed by atoms with Crippen LogP contribution in [-0.2, 0) is 17.8 Å². The third-order valence-electron chi connectivity index (χ3n) is 6.10. The first kappa shape index (κ1) is 22.0. The molecular weight excluding hydrogens is 436 g/mol. The molecule has 2 aromatic heterocycles. The summed E-state index contributed by atoms with van der Waals surface area (Å²) in [5, 5.41) is 5.03. The Kier molecular flexibility index (Phi) is 6.18. The van der Waals surface area contributed by atoms with Gasteiger partial charge >= 0.3 is 0 Å². The largest absolute Gasteiger partial charge is 0.497 e. The summed E-state index contributed by atoms with van der Waals surface area (Å²) in [4.78, 5) is 21.5. The SMILES string of the molecule is COc1ccc(-c2noc(CN3CCN(C(=O)Cc4coc5cc(OC)ccc45)CC3)n2)cc1. The minimum atomic E-state index is 0.0951. The van der Waals surface area contributed by atoms with Crippen molar-refractivity contribution in [3.63, 3.8) is 0 Å². The maximum Gasteiger partial charge on any atom is 0.241 e. The van der Waals surface area contributed by atoms with Crippen LogP contribution in [0.25, 0.3) is 22.4 Å². The molecule has 0 spiro atoms. The molecule has 9 nitrogen and oxygen atoms in total. The van der Waals surface area contributed by atoms with Gasteiger partial charge in [0.2, 0.25) is 17.6 Å². The summed E-state index contributed by atoms with van der Waals surface area (Å²) >= 11 is 0. The topological polar surface area (TPSA) is 94.1 Å². The number of aromatic nitrogens is 2. The molecule has 176 valence electrons. The van der Waals surface area contributed by atoms with Crippen molar-refractivity contribution >= 4 is 16.9 Å². The molecule has 1 fully saturated rings. The van der Waals surface area contributed by atoms with Crippen LogP contribution in [0.5, 0.6) is 11.5 Å². The van der Waals surface area contributed by atoms with Crippen LogP contribution in [0.3, 0.4) is 0 Å². The summed E-state index contributed by atoms with van der Waals surface area (Å²) in [6.45, 7) is 3.36. The molecule has 1 saturated heterocycles. The smallest absolute Gasteiger partial charge is 0.241 e. The van der Waals surface area contributed by atoms with Crippen LogP contribution in [0.2, 0.25) is 0 Å². The molecule has 0 aliphatic carbocycles. The van der Waals surface area contributed by atoms with Crippen LogP contribution >= 0.6 is 0 Å². The van der Waals surface area contributed by atoms with Crippen LogP contribution in [0.1, 0.15) is 11.5 Å². The predicted molar refractivity (Wildman–Crippen MR) is 125 cm³/mol. The van der Waals surface area contributed by atoms with Crippen molar-refractivity contribution in [1.29, 1.82) is 0 Å². The third kappa shape index (κ3) is 4.60. The van der Waals surface area contributed by atoms with E-state index in [-0.39, 0.29) is 5.91 Å². The molecular formula is C25H26N4O5. The van der Waals surface area contributed by atoms with Crippen molar-refractivity contribution in [2.75, 3.05) is 40.4 Å². The van der Waals surface area contributed by atoms with Crippen molar-refractivity contribution in [1.82, 2.24) is 19.9 Å². The molecule has 0 saturated carbocycles. The third-order valence-corrected chi connectivity index (χ3v) is 6.10. The molecule has 0 unspecified atom stereocenters. The summed E-state index contributed by atoms with van der Waals surface area (Å²) in [6.07, 6.45) is 1.97. The van der Waals surface area contributed by atoms with Crippen molar-refractivity contribution in [2.45, 2.75) is 13.0 Å². The molecule has 4 aromatic rings. The first-order valence-electron chi connectivity index (χ1n) is 11.1. The van der Waals surface area contributed by atoms with Gasteiger partial charge in [-0.1, -0.05) is 5.16 Å². The zero-order chi connectivity index (χ0) is 23.5. The normalized spacial score (nSPS) is 14.5. The highest BCUT2D eigenvalue weighted by atomic mass is 16.5. The lowest BCUT2D eigenvalue weighted by Gasteiger charge is -2.34. The monoisotopic (exact) mass is 462 g/mol. The predicted octanol–water partition coefficient (Wildman–Crippen LogP) is 3.39. The zero-order valence-corrected chi connectivity index (χ0v) is 19.2. The Hall–Kier alpha value is -3.85. The van der Waals surface area contributed by atoms with Gasteiger partial charge in [0.25, 0.3) is 0 Å². The minimum absolute atomic E-state index is 0.0951. The molecule has 1 amide bonds. The number of furan rings is 1. The number of methoxy groups -OCH3 is 2. The number of carbonyl (C=O) groups is 1. The molecule has 1 aliphatic heterocycles. The van der Waals surface area contributed by atoms with E-state index in [4.69, 9.17) is 18.4 Å². The van der Waals surface area contributed by atoms with Crippen LogP contribution in [0, 0.1) is 0 Å². The molecule has 0 N–H and O–H groups in total. The van der Waals surface area contributed by atoms with E-state index in [2.05, 4.69) is 15.0 Å². The number of fused-ring (bicyclic) bond motifs is 1. The lowest BCUT2D eigenvalue weighted by Crippen LogP contribution is -2.48. The molecule has 2 aromatic carbocycles. The summed E-state index contributed by atoms with van der Waals surface area (Å²) < 4.78 is 21.5. The standard InChI is InChI=1S/C25H26N4O5/c1-31-19-5-3-17(4-6-19)25-26-23(34-27-25)15-28-9-11-29(12-10-28)24(30)13-18-16-33-22-14-20(32-2)7-8-21(18)22/h3-8,14,16H,9-13,15H2,1-2H3. The molecule has 34 heavy (non-hydrogen) atoms. The second-order valence-electron chi connectivity index (χ2n) is 8.20. The molecule has 9 heteroatoms. The number of benzene rings is 2. The Morgan fingerprint density at radius 3 is 2.47 bits per heavy atom. The van der Waals surface area contributed by atoms with Crippen molar-refractivity contribution in [3.05, 3.63) is 60.2 Å². The number of hydrogen-bond acceptors (Lipinski definition) is 8. The average Bonchev–Trinajstić information content (AvgIpc) is 3.51. The van der Waals surface area contributed by atoms with Gasteiger partial charge in [-0.15, -0.1) is 0 Å². The highest BCUT2D eigenvalue weighted by molar-refractivity contribution is 5.88. The quantitative estimate of drug-likeness (QED) is 0.413. The van der Waals surface area contributed by atoms with Crippen molar-refractivity contribution < 1.29 is 23.2 Å². The number of nitrogens with zero attached hydrogens (tertiary/aromatic N) is 4. The van der Waals surface area contributed by atoms with E-state index in [1.165, 1.54) is 0 Å². The second-order valence-corrected chi connectivity index (χ2v) is 8.20. The summed E-state index contributed by atoms with van der Waals surface area (Å²) in [5.41, 5.74) is 2.49. The van der Waals surface area contributed by atoms with Gasteiger partial charge in [0.15, 0.2) is 0 Å². The Morgan fingerprint density at radius 2 is 1.74 bits per heavy atom. The van der Waals surface area contributed by atoms with Gasteiger partial charge in [0.05, 0.1) is 33.4 Å². The summed E-state index contributed by atoms with van der Waals surface area (Å²) in [5.74, 6) is 2.72. The van der Waals surface area contributed by atoms with Gasteiger partial charge in [-0.05, 0) is 36.4 Å². The fraction of sp³-hybridized carbons (Fsp3) is 0.320. The molecule has 0 radical (unpaired) electrons. The minimum Gasteiger partial charge on any atom is -0.497 e. The van der Waals surface area contributed by atoms with Crippen molar-refractivity contribution in [2.24, 2.45) is 0 Å². The number of carbonyl (C=O) groups excluding carboxylic acids is 1. The van der Waals surface area contributed by atoms with Gasteiger partial charge in [-0.2, -0.15) is 4.98 Å².